The third-order valence-corrected chi connectivity index (χ3v) is 5.19. The van der Waals surface area contributed by atoms with E-state index in [0.717, 1.165) is 29.4 Å². The number of hydrogen-bond acceptors (Lipinski definition) is 3. The van der Waals surface area contributed by atoms with E-state index >= 15 is 0 Å². The number of hydrogen-bond donors (Lipinski definition) is 1. The molecule has 0 aromatic heterocycles. The number of methoxy groups -OCH3 is 1. The first-order valence-corrected chi connectivity index (χ1v) is 8.85. The lowest BCUT2D eigenvalue weighted by molar-refractivity contribution is 0.137. The molecule has 1 atom stereocenters. The zero-order chi connectivity index (χ0) is 14.7. The summed E-state index contributed by atoms with van der Waals surface area (Å²) in [5, 5.41) is 3.70. The zero-order valence-electron chi connectivity index (χ0n) is 12.8. The van der Waals surface area contributed by atoms with Crippen molar-refractivity contribution >= 4 is 15.9 Å². The second-order valence-corrected chi connectivity index (χ2v) is 7.13. The Kier molecular flexibility index (Phi) is 5.19. The van der Waals surface area contributed by atoms with Crippen molar-refractivity contribution in [3.05, 3.63) is 28.2 Å². The molecule has 3 rings (SSSR count). The summed E-state index contributed by atoms with van der Waals surface area (Å²) >= 11 is 3.59. The average Bonchev–Trinajstić information content (AvgIpc) is 3.31. The summed E-state index contributed by atoms with van der Waals surface area (Å²) in [5.74, 6) is 0.907. The Hall–Kier alpha value is -0.580. The number of halogens is 1. The fourth-order valence-electron chi connectivity index (χ4n) is 3.13. The van der Waals surface area contributed by atoms with Crippen LogP contribution in [0.1, 0.15) is 37.7 Å². The lowest BCUT2D eigenvalue weighted by atomic mass is 10.0. The van der Waals surface area contributed by atoms with Crippen LogP contribution in [0.2, 0.25) is 0 Å². The van der Waals surface area contributed by atoms with Crippen molar-refractivity contribution < 1.29 is 4.74 Å². The first-order valence-electron chi connectivity index (χ1n) is 8.06. The van der Waals surface area contributed by atoms with Crippen LogP contribution >= 0.6 is 15.9 Å². The van der Waals surface area contributed by atoms with E-state index in [2.05, 4.69) is 44.3 Å². The van der Waals surface area contributed by atoms with E-state index in [0.29, 0.717) is 6.04 Å². The van der Waals surface area contributed by atoms with Gasteiger partial charge < -0.3 is 10.1 Å². The predicted molar refractivity (Wildman–Crippen MR) is 89.8 cm³/mol. The van der Waals surface area contributed by atoms with E-state index in [-0.39, 0.29) is 0 Å². The molecule has 1 unspecified atom stereocenters. The van der Waals surface area contributed by atoms with Crippen LogP contribution in [0.15, 0.2) is 22.7 Å². The summed E-state index contributed by atoms with van der Waals surface area (Å²) in [6.45, 7) is 3.42. The summed E-state index contributed by atoms with van der Waals surface area (Å²) in [7, 11) is 1.71. The molecule has 2 aliphatic rings. The number of nitrogens with zero attached hydrogens (tertiary/aromatic N) is 1. The third-order valence-electron chi connectivity index (χ3n) is 4.57. The molecule has 1 aromatic rings. The number of benzene rings is 1. The molecular formula is C17H25BrN2O. The molecule has 1 N–H and O–H groups in total. The van der Waals surface area contributed by atoms with Crippen molar-refractivity contribution in [3.63, 3.8) is 0 Å². The molecule has 0 amide bonds. The highest BCUT2D eigenvalue weighted by molar-refractivity contribution is 9.10. The average molecular weight is 353 g/mol. The zero-order valence-corrected chi connectivity index (χ0v) is 14.4. The Labute approximate surface area is 136 Å². The maximum atomic E-state index is 5.31. The van der Waals surface area contributed by atoms with Gasteiger partial charge in [0.2, 0.25) is 0 Å². The van der Waals surface area contributed by atoms with Crippen LogP contribution in [0.4, 0.5) is 0 Å². The highest BCUT2D eigenvalue weighted by Crippen LogP contribution is 2.27. The topological polar surface area (TPSA) is 24.5 Å². The van der Waals surface area contributed by atoms with Crippen LogP contribution in [0.5, 0.6) is 5.75 Å². The maximum Gasteiger partial charge on any atom is 0.133 e. The van der Waals surface area contributed by atoms with Crippen molar-refractivity contribution in [1.82, 2.24) is 10.2 Å². The molecule has 116 valence electrons. The Morgan fingerprint density at radius 3 is 2.86 bits per heavy atom. The van der Waals surface area contributed by atoms with Gasteiger partial charge in [0.05, 0.1) is 11.6 Å². The lowest BCUT2D eigenvalue weighted by Gasteiger charge is -2.36. The van der Waals surface area contributed by atoms with Crippen molar-refractivity contribution in [3.8, 4) is 5.75 Å². The second-order valence-electron chi connectivity index (χ2n) is 6.27. The molecule has 2 fully saturated rings. The summed E-state index contributed by atoms with van der Waals surface area (Å²) in [6.07, 6.45) is 6.78. The lowest BCUT2D eigenvalue weighted by Crippen LogP contribution is -2.45. The molecule has 0 radical (unpaired) electrons. The number of likely N-dealkylation sites (tertiary alicyclic amines) is 1. The third kappa shape index (κ3) is 4.21. The Bertz CT molecular complexity index is 476. The van der Waals surface area contributed by atoms with Gasteiger partial charge in [-0.3, -0.25) is 4.90 Å². The molecular weight excluding hydrogens is 328 g/mol. The molecule has 0 bridgehead atoms. The van der Waals surface area contributed by atoms with Gasteiger partial charge in [0.25, 0.3) is 0 Å². The second kappa shape index (κ2) is 7.12. The fourth-order valence-corrected chi connectivity index (χ4v) is 3.72. The molecule has 4 heteroatoms. The number of ether oxygens (including phenoxy) is 1. The standard InChI is InChI=1S/C17H25BrN2O/c1-21-17-8-5-13(10-16(17)18)12-20-9-3-2-4-15(20)11-19-14-6-7-14/h5,8,10,14-15,19H,2-4,6-7,9,11-12H2,1H3. The highest BCUT2D eigenvalue weighted by Gasteiger charge is 2.26. The Balaban J connectivity index is 1.61. The number of piperidine rings is 1. The van der Waals surface area contributed by atoms with Gasteiger partial charge in [-0.15, -0.1) is 0 Å². The van der Waals surface area contributed by atoms with Gasteiger partial charge in [-0.2, -0.15) is 0 Å². The van der Waals surface area contributed by atoms with Gasteiger partial charge in [0, 0.05) is 25.2 Å². The van der Waals surface area contributed by atoms with Crippen molar-refractivity contribution in [2.75, 3.05) is 20.2 Å². The molecule has 21 heavy (non-hydrogen) atoms. The SMILES string of the molecule is COc1ccc(CN2CCCCC2CNC2CC2)cc1Br. The minimum atomic E-state index is 0.695. The Morgan fingerprint density at radius 2 is 2.14 bits per heavy atom. The van der Waals surface area contributed by atoms with Gasteiger partial charge in [0.1, 0.15) is 5.75 Å². The van der Waals surface area contributed by atoms with Crippen LogP contribution in [0, 0.1) is 0 Å². The number of nitrogens with one attached hydrogen (secondary N) is 1. The molecule has 0 spiro atoms. The first-order chi connectivity index (χ1) is 10.3. The molecule has 1 saturated carbocycles. The normalized spacial score (nSPS) is 23.2. The van der Waals surface area contributed by atoms with Gasteiger partial charge in [-0.05, 0) is 65.9 Å². The van der Waals surface area contributed by atoms with E-state index in [4.69, 9.17) is 4.74 Å². The monoisotopic (exact) mass is 352 g/mol. The Morgan fingerprint density at radius 1 is 1.29 bits per heavy atom. The quantitative estimate of drug-likeness (QED) is 0.846. The minimum absolute atomic E-state index is 0.695. The fraction of sp³-hybridized carbons (Fsp3) is 0.647. The largest absolute Gasteiger partial charge is 0.496 e. The maximum absolute atomic E-state index is 5.31. The van der Waals surface area contributed by atoms with Gasteiger partial charge in [-0.1, -0.05) is 12.5 Å². The van der Waals surface area contributed by atoms with E-state index in [1.807, 2.05) is 0 Å². The molecule has 1 aliphatic heterocycles. The van der Waals surface area contributed by atoms with Crippen molar-refractivity contribution in [2.45, 2.75) is 50.7 Å². The molecule has 3 nitrogen and oxygen atoms in total. The van der Waals surface area contributed by atoms with E-state index in [1.54, 1.807) is 7.11 Å². The molecule has 1 aromatic carbocycles. The summed E-state index contributed by atoms with van der Waals surface area (Å²) in [5.41, 5.74) is 1.36. The van der Waals surface area contributed by atoms with Crippen LogP contribution in [-0.4, -0.2) is 37.2 Å². The van der Waals surface area contributed by atoms with Gasteiger partial charge in [-0.25, -0.2) is 0 Å². The smallest absolute Gasteiger partial charge is 0.133 e. The predicted octanol–water partition coefficient (Wildman–Crippen LogP) is 3.56. The summed E-state index contributed by atoms with van der Waals surface area (Å²) < 4.78 is 6.36. The van der Waals surface area contributed by atoms with Crippen LogP contribution in [-0.2, 0) is 6.54 Å². The van der Waals surface area contributed by atoms with Gasteiger partial charge in [0.15, 0.2) is 0 Å². The van der Waals surface area contributed by atoms with Gasteiger partial charge >= 0.3 is 0 Å². The van der Waals surface area contributed by atoms with E-state index in [9.17, 15) is 0 Å². The first kappa shape index (κ1) is 15.3. The van der Waals surface area contributed by atoms with Crippen LogP contribution < -0.4 is 10.1 Å². The highest BCUT2D eigenvalue weighted by atomic mass is 79.9. The minimum Gasteiger partial charge on any atom is -0.496 e. The summed E-state index contributed by atoms with van der Waals surface area (Å²) in [4.78, 5) is 2.65. The number of rotatable bonds is 6. The van der Waals surface area contributed by atoms with Crippen molar-refractivity contribution in [2.24, 2.45) is 0 Å². The van der Waals surface area contributed by atoms with Crippen molar-refractivity contribution in [1.29, 1.82) is 0 Å². The van der Waals surface area contributed by atoms with E-state index < -0.39 is 0 Å². The molecule has 1 aliphatic carbocycles. The summed E-state index contributed by atoms with van der Waals surface area (Å²) in [6, 6.07) is 7.94. The van der Waals surface area contributed by atoms with Crippen LogP contribution in [0.25, 0.3) is 0 Å². The van der Waals surface area contributed by atoms with Crippen LogP contribution in [0.3, 0.4) is 0 Å². The van der Waals surface area contributed by atoms with E-state index in [1.165, 1.54) is 44.2 Å². The molecule has 1 saturated heterocycles. The molecule has 1 heterocycles.